The van der Waals surface area contributed by atoms with Gasteiger partial charge in [0.25, 0.3) is 5.56 Å². The highest BCUT2D eigenvalue weighted by Crippen LogP contribution is 2.32. The summed E-state index contributed by atoms with van der Waals surface area (Å²) in [6, 6.07) is 8.21. The fourth-order valence-electron chi connectivity index (χ4n) is 2.85. The van der Waals surface area contributed by atoms with Gasteiger partial charge in [0.05, 0.1) is 7.11 Å². The number of hydrogen-bond acceptors (Lipinski definition) is 4. The van der Waals surface area contributed by atoms with Gasteiger partial charge in [-0.2, -0.15) is 5.10 Å². The highest BCUT2D eigenvalue weighted by molar-refractivity contribution is 5.41. The van der Waals surface area contributed by atoms with Crippen LogP contribution in [0.4, 0.5) is 10.2 Å². The predicted molar refractivity (Wildman–Crippen MR) is 82.0 cm³/mol. The van der Waals surface area contributed by atoms with Gasteiger partial charge in [-0.15, -0.1) is 0 Å². The molecule has 1 unspecified atom stereocenters. The Hall–Kier alpha value is -2.37. The largest absolute Gasteiger partial charge is 0.497 e. The summed E-state index contributed by atoms with van der Waals surface area (Å²) in [5.41, 5.74) is 0.564. The van der Waals surface area contributed by atoms with Gasteiger partial charge in [-0.25, -0.2) is 9.07 Å². The van der Waals surface area contributed by atoms with Crippen molar-refractivity contribution in [2.45, 2.75) is 12.3 Å². The van der Waals surface area contributed by atoms with E-state index in [1.54, 1.807) is 25.2 Å². The van der Waals surface area contributed by atoms with Crippen molar-refractivity contribution in [2.75, 3.05) is 25.1 Å². The minimum absolute atomic E-state index is 0.116. The minimum atomic E-state index is -0.236. The summed E-state index contributed by atoms with van der Waals surface area (Å²) in [6.45, 7) is 1.48. The van der Waals surface area contributed by atoms with Crippen LogP contribution in [0.5, 0.6) is 5.75 Å². The Labute approximate surface area is 127 Å². The third-order valence-corrected chi connectivity index (χ3v) is 4.11. The number of rotatable bonds is 3. The molecule has 1 aromatic heterocycles. The Balaban J connectivity index is 1.79. The number of halogens is 1. The van der Waals surface area contributed by atoms with Crippen LogP contribution in [0, 0.1) is 5.82 Å². The van der Waals surface area contributed by atoms with Gasteiger partial charge in [-0.3, -0.25) is 4.79 Å². The smallest absolute Gasteiger partial charge is 0.266 e. The highest BCUT2D eigenvalue weighted by Gasteiger charge is 2.27. The summed E-state index contributed by atoms with van der Waals surface area (Å²) in [5.74, 6) is 1.15. The molecule has 0 N–H and O–H groups in total. The zero-order chi connectivity index (χ0) is 15.7. The Kier molecular flexibility index (Phi) is 3.83. The summed E-state index contributed by atoms with van der Waals surface area (Å²) in [6.07, 6.45) is 0.855. The molecule has 0 radical (unpaired) electrons. The molecule has 2 aromatic rings. The van der Waals surface area contributed by atoms with Gasteiger partial charge in [0, 0.05) is 38.2 Å². The Morgan fingerprint density at radius 1 is 1.32 bits per heavy atom. The second-order valence-corrected chi connectivity index (χ2v) is 5.47. The Morgan fingerprint density at radius 3 is 2.82 bits per heavy atom. The van der Waals surface area contributed by atoms with E-state index in [0.717, 1.165) is 18.8 Å². The zero-order valence-electron chi connectivity index (χ0n) is 12.6. The summed E-state index contributed by atoms with van der Waals surface area (Å²) in [4.78, 5) is 13.5. The van der Waals surface area contributed by atoms with Crippen molar-refractivity contribution >= 4 is 5.82 Å². The van der Waals surface area contributed by atoms with E-state index in [0.29, 0.717) is 17.9 Å². The number of benzene rings is 1. The number of hydrogen-bond donors (Lipinski definition) is 0. The summed E-state index contributed by atoms with van der Waals surface area (Å²) < 4.78 is 20.5. The fraction of sp³-hybridized carbons (Fsp3) is 0.375. The summed E-state index contributed by atoms with van der Waals surface area (Å²) in [7, 11) is 3.15. The van der Waals surface area contributed by atoms with Crippen LogP contribution in [0.15, 0.2) is 35.1 Å². The van der Waals surface area contributed by atoms with Crippen molar-refractivity contribution in [3.8, 4) is 5.75 Å². The van der Waals surface area contributed by atoms with Crippen LogP contribution in [-0.4, -0.2) is 30.0 Å². The van der Waals surface area contributed by atoms with Gasteiger partial charge in [0.15, 0.2) is 0 Å². The predicted octanol–water partition coefficient (Wildman–Crippen LogP) is 1.92. The van der Waals surface area contributed by atoms with Gasteiger partial charge in [0.2, 0.25) is 0 Å². The third-order valence-electron chi connectivity index (χ3n) is 4.11. The van der Waals surface area contributed by atoms with Crippen LogP contribution >= 0.6 is 0 Å². The number of methoxy groups -OCH3 is 1. The number of aromatic nitrogens is 2. The molecule has 0 saturated carbocycles. The molecule has 6 heteroatoms. The Bertz CT molecular complexity index is 744. The van der Waals surface area contributed by atoms with Crippen LogP contribution in [0.2, 0.25) is 0 Å². The van der Waals surface area contributed by atoms with Crippen molar-refractivity contribution in [1.29, 1.82) is 0 Å². The van der Waals surface area contributed by atoms with E-state index in [1.165, 1.54) is 23.9 Å². The highest BCUT2D eigenvalue weighted by atomic mass is 19.1. The van der Waals surface area contributed by atoms with Gasteiger partial charge in [0.1, 0.15) is 17.4 Å². The molecule has 2 heterocycles. The Morgan fingerprint density at radius 2 is 2.14 bits per heavy atom. The zero-order valence-corrected chi connectivity index (χ0v) is 12.6. The molecule has 5 nitrogen and oxygen atoms in total. The van der Waals surface area contributed by atoms with Crippen molar-refractivity contribution in [3.63, 3.8) is 0 Å². The van der Waals surface area contributed by atoms with E-state index >= 15 is 0 Å². The molecule has 0 amide bonds. The molecule has 116 valence electrons. The van der Waals surface area contributed by atoms with Crippen molar-refractivity contribution < 1.29 is 9.13 Å². The molecule has 1 fully saturated rings. The second kappa shape index (κ2) is 5.79. The molecule has 1 aromatic carbocycles. The molecule has 0 bridgehead atoms. The lowest BCUT2D eigenvalue weighted by Crippen LogP contribution is -2.26. The topological polar surface area (TPSA) is 47.4 Å². The standard InChI is InChI=1S/C16H18FN3O2/c1-19-16(21)6-5-15(18-19)20-8-7-11(10-20)13-4-3-12(22-2)9-14(13)17/h3-6,9,11H,7-8,10H2,1-2H3. The van der Waals surface area contributed by atoms with E-state index < -0.39 is 0 Å². The molecule has 0 spiro atoms. The van der Waals surface area contributed by atoms with Gasteiger partial charge >= 0.3 is 0 Å². The number of anilines is 1. The first-order valence-electron chi connectivity index (χ1n) is 7.21. The van der Waals surface area contributed by atoms with E-state index in [1.807, 2.05) is 0 Å². The summed E-state index contributed by atoms with van der Waals surface area (Å²) >= 11 is 0. The van der Waals surface area contributed by atoms with E-state index in [4.69, 9.17) is 4.74 Å². The van der Waals surface area contributed by atoms with Gasteiger partial charge in [-0.1, -0.05) is 6.07 Å². The fourth-order valence-corrected chi connectivity index (χ4v) is 2.85. The lowest BCUT2D eigenvalue weighted by Gasteiger charge is -2.18. The van der Waals surface area contributed by atoms with Crippen LogP contribution in [0.1, 0.15) is 17.9 Å². The second-order valence-electron chi connectivity index (χ2n) is 5.47. The van der Waals surface area contributed by atoms with E-state index in [9.17, 15) is 9.18 Å². The number of ether oxygens (including phenoxy) is 1. The molecule has 1 aliphatic rings. The van der Waals surface area contributed by atoms with Crippen LogP contribution in [0.3, 0.4) is 0 Å². The lowest BCUT2D eigenvalue weighted by atomic mass is 9.98. The van der Waals surface area contributed by atoms with Crippen molar-refractivity contribution in [2.24, 2.45) is 7.05 Å². The maximum atomic E-state index is 14.2. The average molecular weight is 303 g/mol. The molecule has 1 saturated heterocycles. The SMILES string of the molecule is COc1ccc(C2CCN(c3ccc(=O)n(C)n3)C2)c(F)c1. The quantitative estimate of drug-likeness (QED) is 0.869. The first-order chi connectivity index (χ1) is 10.6. The molecule has 1 aliphatic heterocycles. The normalized spacial score (nSPS) is 17.8. The molecular weight excluding hydrogens is 285 g/mol. The van der Waals surface area contributed by atoms with Crippen LogP contribution in [-0.2, 0) is 7.05 Å². The minimum Gasteiger partial charge on any atom is -0.497 e. The van der Waals surface area contributed by atoms with Gasteiger partial charge in [-0.05, 0) is 24.1 Å². The number of aryl methyl sites for hydroxylation is 1. The number of nitrogens with zero attached hydrogens (tertiary/aromatic N) is 3. The first-order valence-corrected chi connectivity index (χ1v) is 7.21. The summed E-state index contributed by atoms with van der Waals surface area (Å²) in [5, 5.41) is 4.25. The van der Waals surface area contributed by atoms with Crippen molar-refractivity contribution in [3.05, 3.63) is 52.1 Å². The first kappa shape index (κ1) is 14.6. The molecule has 1 atom stereocenters. The van der Waals surface area contributed by atoms with Gasteiger partial charge < -0.3 is 9.64 Å². The van der Waals surface area contributed by atoms with Crippen molar-refractivity contribution in [1.82, 2.24) is 9.78 Å². The molecule has 3 rings (SSSR count). The molecule has 22 heavy (non-hydrogen) atoms. The maximum absolute atomic E-state index is 14.2. The maximum Gasteiger partial charge on any atom is 0.266 e. The lowest BCUT2D eigenvalue weighted by molar-refractivity contribution is 0.410. The monoisotopic (exact) mass is 303 g/mol. The average Bonchev–Trinajstić information content (AvgIpc) is 2.99. The third kappa shape index (κ3) is 2.68. The van der Waals surface area contributed by atoms with Crippen LogP contribution in [0.25, 0.3) is 0 Å². The van der Waals surface area contributed by atoms with E-state index in [-0.39, 0.29) is 17.3 Å². The van der Waals surface area contributed by atoms with E-state index in [2.05, 4.69) is 10.00 Å². The van der Waals surface area contributed by atoms with Crippen LogP contribution < -0.4 is 15.2 Å². The molecular formula is C16H18FN3O2. The molecule has 0 aliphatic carbocycles.